The number of nitrogens with zero attached hydrogens (tertiary/aromatic N) is 4. The Morgan fingerprint density at radius 2 is 1.90 bits per heavy atom. The van der Waals surface area contributed by atoms with Gasteiger partial charge in [-0.25, -0.2) is 10.4 Å². The number of benzene rings is 3. The Morgan fingerprint density at radius 1 is 1.15 bits per heavy atom. The number of hydrazine groups is 1. The summed E-state index contributed by atoms with van der Waals surface area (Å²) in [5.74, 6) is 0.555. The van der Waals surface area contributed by atoms with Crippen molar-refractivity contribution in [3.05, 3.63) is 112 Å². The molecule has 3 N–H and O–H groups in total. The quantitative estimate of drug-likeness (QED) is 0.0761. The predicted molar refractivity (Wildman–Crippen MR) is 159 cm³/mol. The van der Waals surface area contributed by atoms with Crippen molar-refractivity contribution < 1.29 is 19.4 Å². The molecule has 10 heteroatoms. The summed E-state index contributed by atoms with van der Waals surface area (Å²) in [5, 5.41) is 12.9. The van der Waals surface area contributed by atoms with E-state index in [4.69, 9.17) is 19.6 Å². The molecule has 0 bridgehead atoms. The Balaban J connectivity index is 1.77. The largest absolute Gasteiger partial charge is 0.494 e. The molecule has 0 saturated carbocycles. The first-order chi connectivity index (χ1) is 20.1. The molecule has 0 aliphatic carbocycles. The number of amides is 1. The lowest BCUT2D eigenvalue weighted by molar-refractivity contribution is -0.129. The van der Waals surface area contributed by atoms with Gasteiger partial charge < -0.3 is 14.6 Å². The van der Waals surface area contributed by atoms with Crippen LogP contribution in [0.15, 0.2) is 95.0 Å². The number of azide groups is 1. The van der Waals surface area contributed by atoms with Gasteiger partial charge in [-0.1, -0.05) is 78.8 Å². The van der Waals surface area contributed by atoms with E-state index in [0.29, 0.717) is 42.1 Å². The Labute approximate surface area is 239 Å². The van der Waals surface area contributed by atoms with E-state index in [-0.39, 0.29) is 24.8 Å². The first-order valence-electron chi connectivity index (χ1n) is 13.6. The molecule has 0 saturated heterocycles. The Hall–Kier alpha value is -4.63. The summed E-state index contributed by atoms with van der Waals surface area (Å²) < 4.78 is 12.1. The molecule has 1 heterocycles. The zero-order chi connectivity index (χ0) is 28.9. The van der Waals surface area contributed by atoms with Gasteiger partial charge in [0, 0.05) is 47.7 Å². The van der Waals surface area contributed by atoms with Crippen LogP contribution in [0.3, 0.4) is 0 Å². The highest BCUT2D eigenvalue weighted by atomic mass is 16.5. The van der Waals surface area contributed by atoms with Gasteiger partial charge in [-0.05, 0) is 41.8 Å². The van der Waals surface area contributed by atoms with Crippen LogP contribution in [-0.2, 0) is 9.53 Å². The highest BCUT2D eigenvalue weighted by Crippen LogP contribution is 2.45. The van der Waals surface area contributed by atoms with Crippen LogP contribution in [0.5, 0.6) is 5.75 Å². The number of ether oxygens (including phenoxy) is 2. The summed E-state index contributed by atoms with van der Waals surface area (Å²) in [6.45, 7) is 3.03. The third kappa shape index (κ3) is 7.32. The number of aliphatic hydroxyl groups is 1. The maximum absolute atomic E-state index is 14.0. The topological polar surface area (TPSA) is 141 Å². The summed E-state index contributed by atoms with van der Waals surface area (Å²) in [6, 6.07) is 24.0. The minimum atomic E-state index is -1.42. The SMILES string of the molecule is CCCNNC(=O)[C@@]1(C/C=C/c2ccccc2)N=C(c2ccc(OCCCO)cc2)O[C@H]1c1ccccc1N=[N+]=[N-]. The first-order valence-corrected chi connectivity index (χ1v) is 13.6. The van der Waals surface area contributed by atoms with E-state index in [1.54, 1.807) is 30.3 Å². The van der Waals surface area contributed by atoms with Crippen molar-refractivity contribution in [2.75, 3.05) is 19.8 Å². The van der Waals surface area contributed by atoms with Crippen LogP contribution in [0.4, 0.5) is 5.69 Å². The van der Waals surface area contributed by atoms with Crippen LogP contribution in [0.1, 0.15) is 49.0 Å². The Kier molecular flexibility index (Phi) is 10.5. The van der Waals surface area contributed by atoms with Gasteiger partial charge in [0.25, 0.3) is 5.91 Å². The van der Waals surface area contributed by atoms with Gasteiger partial charge in [-0.2, -0.15) is 0 Å². The third-order valence-corrected chi connectivity index (χ3v) is 6.52. The summed E-state index contributed by atoms with van der Waals surface area (Å²) in [4.78, 5) is 21.9. The van der Waals surface area contributed by atoms with Crippen molar-refractivity contribution in [3.63, 3.8) is 0 Å². The number of carbonyl (C=O) groups is 1. The van der Waals surface area contributed by atoms with E-state index in [1.807, 2.05) is 67.6 Å². The van der Waals surface area contributed by atoms with Crippen LogP contribution >= 0.6 is 0 Å². The Bertz CT molecular complexity index is 1400. The number of aliphatic imine (C=N–C) groups is 1. The van der Waals surface area contributed by atoms with Crippen molar-refractivity contribution in [2.24, 2.45) is 10.1 Å². The van der Waals surface area contributed by atoms with Gasteiger partial charge in [0.15, 0.2) is 11.6 Å². The van der Waals surface area contributed by atoms with Gasteiger partial charge in [-0.3, -0.25) is 10.2 Å². The van der Waals surface area contributed by atoms with E-state index in [9.17, 15) is 10.3 Å². The van der Waals surface area contributed by atoms with Crippen molar-refractivity contribution in [1.29, 1.82) is 0 Å². The van der Waals surface area contributed by atoms with Crippen molar-refractivity contribution in [1.82, 2.24) is 10.9 Å². The fraction of sp³-hybridized carbons (Fsp3) is 0.290. The molecule has 0 spiro atoms. The lowest BCUT2D eigenvalue weighted by atomic mass is 9.83. The number of hydrogen-bond acceptors (Lipinski definition) is 7. The fourth-order valence-electron chi connectivity index (χ4n) is 4.46. The van der Waals surface area contributed by atoms with Gasteiger partial charge >= 0.3 is 0 Å². The first kappa shape index (κ1) is 29.4. The summed E-state index contributed by atoms with van der Waals surface area (Å²) >= 11 is 0. The monoisotopic (exact) mass is 554 g/mol. The average molecular weight is 555 g/mol. The van der Waals surface area contributed by atoms with E-state index in [2.05, 4.69) is 20.9 Å². The second-order valence-corrected chi connectivity index (χ2v) is 9.44. The Morgan fingerprint density at radius 3 is 2.63 bits per heavy atom. The number of aliphatic hydroxyl groups excluding tert-OH is 1. The number of nitrogens with one attached hydrogen (secondary N) is 2. The maximum atomic E-state index is 14.0. The molecular formula is C31H34N6O4. The summed E-state index contributed by atoms with van der Waals surface area (Å²) in [7, 11) is 0. The average Bonchev–Trinajstić information content (AvgIpc) is 3.39. The van der Waals surface area contributed by atoms with Gasteiger partial charge in [0.05, 0.1) is 6.61 Å². The van der Waals surface area contributed by atoms with E-state index >= 15 is 0 Å². The van der Waals surface area contributed by atoms with Gasteiger partial charge in [0.2, 0.25) is 5.90 Å². The molecule has 10 nitrogen and oxygen atoms in total. The minimum Gasteiger partial charge on any atom is -0.494 e. The molecule has 1 amide bonds. The minimum absolute atomic E-state index is 0.0530. The van der Waals surface area contributed by atoms with Crippen molar-refractivity contribution in [2.45, 2.75) is 37.8 Å². The molecule has 212 valence electrons. The lowest BCUT2D eigenvalue weighted by Gasteiger charge is -2.30. The highest BCUT2D eigenvalue weighted by Gasteiger charge is 2.53. The van der Waals surface area contributed by atoms with Gasteiger partial charge in [-0.15, -0.1) is 0 Å². The standard InChI is InChI=1S/C31H34N6O4/c1-2-20-33-36-30(39)31(19-8-12-23-10-4-3-5-11-23)28(26-13-6-7-14-27(26)35-37-32)41-29(34-31)24-15-17-25(18-16-24)40-22-9-21-38/h3-8,10-18,28,33,38H,2,9,19-22H2,1H3,(H,36,39)/b12-8+/t28-,31-/m0/s1. The van der Waals surface area contributed by atoms with E-state index < -0.39 is 11.6 Å². The fourth-order valence-corrected chi connectivity index (χ4v) is 4.46. The molecule has 0 radical (unpaired) electrons. The van der Waals surface area contributed by atoms with E-state index in [0.717, 1.165) is 12.0 Å². The molecule has 0 aromatic heterocycles. The lowest BCUT2D eigenvalue weighted by Crippen LogP contribution is -2.52. The van der Waals surface area contributed by atoms with Crippen molar-refractivity contribution in [3.8, 4) is 5.75 Å². The molecule has 0 unspecified atom stereocenters. The zero-order valence-electron chi connectivity index (χ0n) is 22.9. The number of carbonyl (C=O) groups excluding carboxylic acids is 1. The zero-order valence-corrected chi connectivity index (χ0v) is 22.9. The van der Waals surface area contributed by atoms with Gasteiger partial charge in [0.1, 0.15) is 5.75 Å². The van der Waals surface area contributed by atoms with Crippen LogP contribution in [-0.4, -0.2) is 42.2 Å². The molecule has 3 aromatic carbocycles. The van der Waals surface area contributed by atoms with E-state index in [1.165, 1.54) is 0 Å². The molecular weight excluding hydrogens is 520 g/mol. The third-order valence-electron chi connectivity index (χ3n) is 6.52. The predicted octanol–water partition coefficient (Wildman–Crippen LogP) is 5.78. The molecule has 1 aliphatic heterocycles. The molecule has 41 heavy (non-hydrogen) atoms. The van der Waals surface area contributed by atoms with Crippen LogP contribution in [0.25, 0.3) is 16.5 Å². The second-order valence-electron chi connectivity index (χ2n) is 9.44. The smallest absolute Gasteiger partial charge is 0.266 e. The molecule has 4 rings (SSSR count). The highest BCUT2D eigenvalue weighted by molar-refractivity contribution is 6.01. The number of rotatable bonds is 14. The molecule has 3 aromatic rings. The van der Waals surface area contributed by atoms with Crippen molar-refractivity contribution >= 4 is 23.6 Å². The molecule has 1 aliphatic rings. The normalized spacial score (nSPS) is 17.9. The molecule has 2 atom stereocenters. The summed E-state index contributed by atoms with van der Waals surface area (Å²) in [6.07, 6.45) is 4.53. The van der Waals surface area contributed by atoms with Crippen LogP contribution in [0, 0.1) is 0 Å². The van der Waals surface area contributed by atoms with Crippen LogP contribution in [0.2, 0.25) is 0 Å². The number of hydrogen-bond donors (Lipinski definition) is 3. The second kappa shape index (κ2) is 14.7. The van der Waals surface area contributed by atoms with Crippen LogP contribution < -0.4 is 15.6 Å². The summed E-state index contributed by atoms with van der Waals surface area (Å²) in [5.41, 5.74) is 16.2. The molecule has 0 fully saturated rings. The maximum Gasteiger partial charge on any atom is 0.266 e.